The molecule has 2 aromatic heterocycles. The zero-order valence-electron chi connectivity index (χ0n) is 27.0. The molecule has 11 aromatic rings. The van der Waals surface area contributed by atoms with E-state index in [1.807, 2.05) is 17.4 Å². The summed E-state index contributed by atoms with van der Waals surface area (Å²) in [6.07, 6.45) is 0. The number of hydrogen-bond acceptors (Lipinski definition) is 2. The highest BCUT2D eigenvalue weighted by molar-refractivity contribution is 7.25. The number of rotatable bonds is 3. The highest BCUT2D eigenvalue weighted by atomic mass is 32.1. The van der Waals surface area contributed by atoms with E-state index < -0.39 is 0 Å². The van der Waals surface area contributed by atoms with E-state index in [2.05, 4.69) is 164 Å². The SMILES string of the molecule is c1ccc(-c2c3ccccc3c(-c3ccc(-c4ccc5sc6cc7c(ccc8c9ccccc9oc78)cc6c5c4)cc3)c3ccccc23)cc1. The standard InChI is InChI=1S/C48H28OS/c1-2-10-30(11-3-1)46-35-13-4-6-15-37(35)47(38-16-7-5-14-36(38)46)31-20-18-29(19-21-31)32-23-25-44-41(26-32)42-27-33-22-24-39-34-12-8-9-17-43(34)49-48(39)40(33)28-45(42)50-44/h1-28H. The van der Waals surface area contributed by atoms with Gasteiger partial charge >= 0.3 is 0 Å². The van der Waals surface area contributed by atoms with Crippen LogP contribution < -0.4 is 0 Å². The molecule has 50 heavy (non-hydrogen) atoms. The first-order chi connectivity index (χ1) is 24.8. The van der Waals surface area contributed by atoms with Crippen molar-refractivity contribution in [2.75, 3.05) is 0 Å². The highest BCUT2D eigenvalue weighted by Gasteiger charge is 2.17. The molecule has 0 amide bonds. The van der Waals surface area contributed by atoms with Crippen molar-refractivity contribution in [3.05, 3.63) is 170 Å². The lowest BCUT2D eigenvalue weighted by Gasteiger charge is -2.18. The van der Waals surface area contributed by atoms with Crippen molar-refractivity contribution >= 4 is 85.8 Å². The van der Waals surface area contributed by atoms with Crippen molar-refractivity contribution in [2.45, 2.75) is 0 Å². The monoisotopic (exact) mass is 652 g/mol. The fourth-order valence-corrected chi connectivity index (χ4v) is 9.25. The summed E-state index contributed by atoms with van der Waals surface area (Å²) in [5.74, 6) is 0. The summed E-state index contributed by atoms with van der Waals surface area (Å²) >= 11 is 1.86. The number of hydrogen-bond donors (Lipinski definition) is 0. The van der Waals surface area contributed by atoms with E-state index in [0.717, 1.165) is 11.2 Å². The van der Waals surface area contributed by atoms with Gasteiger partial charge in [-0.3, -0.25) is 0 Å². The van der Waals surface area contributed by atoms with Crippen LogP contribution in [0.4, 0.5) is 0 Å². The minimum Gasteiger partial charge on any atom is -0.455 e. The first kappa shape index (κ1) is 27.7. The molecule has 0 spiro atoms. The van der Waals surface area contributed by atoms with Gasteiger partial charge in [-0.25, -0.2) is 0 Å². The Morgan fingerprint density at radius 3 is 1.58 bits per heavy atom. The van der Waals surface area contributed by atoms with Crippen LogP contribution in [0.25, 0.3) is 108 Å². The summed E-state index contributed by atoms with van der Waals surface area (Å²) < 4.78 is 8.97. The van der Waals surface area contributed by atoms with Crippen molar-refractivity contribution in [3.63, 3.8) is 0 Å². The van der Waals surface area contributed by atoms with Crippen LogP contribution in [-0.4, -0.2) is 0 Å². The molecule has 0 radical (unpaired) electrons. The molecule has 0 aliphatic rings. The van der Waals surface area contributed by atoms with Gasteiger partial charge < -0.3 is 4.42 Å². The smallest absolute Gasteiger partial charge is 0.143 e. The molecular weight excluding hydrogens is 625 g/mol. The molecule has 232 valence electrons. The van der Waals surface area contributed by atoms with Crippen LogP contribution in [0.3, 0.4) is 0 Å². The Morgan fingerprint density at radius 2 is 0.880 bits per heavy atom. The van der Waals surface area contributed by atoms with Crippen molar-refractivity contribution in [1.82, 2.24) is 0 Å². The average molecular weight is 653 g/mol. The fraction of sp³-hybridized carbons (Fsp3) is 0. The zero-order chi connectivity index (χ0) is 32.8. The summed E-state index contributed by atoms with van der Waals surface area (Å²) in [7, 11) is 0. The van der Waals surface area contributed by atoms with Gasteiger partial charge in [0.25, 0.3) is 0 Å². The Balaban J connectivity index is 1.04. The lowest BCUT2D eigenvalue weighted by atomic mass is 9.86. The Kier molecular flexibility index (Phi) is 5.89. The van der Waals surface area contributed by atoms with Crippen LogP contribution in [-0.2, 0) is 0 Å². The number of furan rings is 1. The van der Waals surface area contributed by atoms with E-state index in [-0.39, 0.29) is 0 Å². The minimum atomic E-state index is 0.938. The number of fused-ring (bicyclic) bond motifs is 10. The van der Waals surface area contributed by atoms with Gasteiger partial charge in [-0.2, -0.15) is 0 Å². The molecule has 9 aromatic carbocycles. The van der Waals surface area contributed by atoms with E-state index >= 15 is 0 Å². The third-order valence-electron chi connectivity index (χ3n) is 10.5. The summed E-state index contributed by atoms with van der Waals surface area (Å²) in [4.78, 5) is 0. The van der Waals surface area contributed by atoms with Gasteiger partial charge in [-0.15, -0.1) is 11.3 Å². The van der Waals surface area contributed by atoms with Crippen LogP contribution in [0.1, 0.15) is 0 Å². The van der Waals surface area contributed by atoms with E-state index in [9.17, 15) is 0 Å². The number of thiophene rings is 1. The number of benzene rings is 9. The average Bonchev–Trinajstić information content (AvgIpc) is 3.74. The molecule has 0 unspecified atom stereocenters. The molecule has 0 N–H and O–H groups in total. The summed E-state index contributed by atoms with van der Waals surface area (Å²) in [5, 5.41) is 12.4. The van der Waals surface area contributed by atoms with Gasteiger partial charge in [0.05, 0.1) is 0 Å². The number of para-hydroxylation sites is 1. The quantitative estimate of drug-likeness (QED) is 0.173. The van der Waals surface area contributed by atoms with Crippen LogP contribution in [0.15, 0.2) is 174 Å². The molecule has 0 aliphatic heterocycles. The van der Waals surface area contributed by atoms with Crippen LogP contribution in [0.5, 0.6) is 0 Å². The molecule has 0 atom stereocenters. The molecule has 2 heteroatoms. The minimum absolute atomic E-state index is 0.938. The lowest BCUT2D eigenvalue weighted by Crippen LogP contribution is -1.90. The van der Waals surface area contributed by atoms with Gasteiger partial charge in [0.2, 0.25) is 0 Å². The summed E-state index contributed by atoms with van der Waals surface area (Å²) in [5.41, 5.74) is 9.40. The summed E-state index contributed by atoms with van der Waals surface area (Å²) in [6, 6.07) is 62.0. The second-order valence-corrected chi connectivity index (χ2v) is 14.3. The Labute approximate surface area is 292 Å². The van der Waals surface area contributed by atoms with Gasteiger partial charge in [0, 0.05) is 36.3 Å². The molecular formula is C48H28OS. The second-order valence-electron chi connectivity index (χ2n) is 13.2. The fourth-order valence-electron chi connectivity index (χ4n) is 8.14. The molecule has 1 nitrogen and oxygen atoms in total. The third kappa shape index (κ3) is 4.06. The predicted molar refractivity (Wildman–Crippen MR) is 215 cm³/mol. The van der Waals surface area contributed by atoms with Crippen molar-refractivity contribution in [1.29, 1.82) is 0 Å². The Bertz CT molecular complexity index is 3070. The highest BCUT2D eigenvalue weighted by Crippen LogP contribution is 2.45. The Morgan fingerprint density at radius 1 is 0.320 bits per heavy atom. The molecule has 11 rings (SSSR count). The van der Waals surface area contributed by atoms with Crippen LogP contribution >= 0.6 is 11.3 Å². The van der Waals surface area contributed by atoms with Gasteiger partial charge in [0.15, 0.2) is 0 Å². The molecule has 0 aliphatic carbocycles. The maximum absolute atomic E-state index is 6.39. The first-order valence-corrected chi connectivity index (χ1v) is 17.9. The Hall–Kier alpha value is -6.22. The predicted octanol–water partition coefficient (Wildman–Crippen LogP) is 14.4. The van der Waals surface area contributed by atoms with Crippen molar-refractivity contribution in [3.8, 4) is 33.4 Å². The van der Waals surface area contributed by atoms with Gasteiger partial charge in [-0.1, -0.05) is 133 Å². The largest absolute Gasteiger partial charge is 0.455 e. The summed E-state index contributed by atoms with van der Waals surface area (Å²) in [6.45, 7) is 0. The first-order valence-electron chi connectivity index (χ1n) is 17.1. The molecule has 0 saturated carbocycles. The van der Waals surface area contributed by atoms with Crippen molar-refractivity contribution in [2.24, 2.45) is 0 Å². The van der Waals surface area contributed by atoms with Crippen LogP contribution in [0, 0.1) is 0 Å². The molecule has 2 heterocycles. The van der Waals surface area contributed by atoms with Crippen molar-refractivity contribution < 1.29 is 4.42 Å². The lowest BCUT2D eigenvalue weighted by molar-refractivity contribution is 0.673. The maximum atomic E-state index is 6.39. The van der Waals surface area contributed by atoms with Gasteiger partial charge in [-0.05, 0) is 96.7 Å². The van der Waals surface area contributed by atoms with E-state index in [4.69, 9.17) is 4.42 Å². The molecule has 0 bridgehead atoms. The van der Waals surface area contributed by atoms with E-state index in [1.54, 1.807) is 0 Å². The topological polar surface area (TPSA) is 13.1 Å². The van der Waals surface area contributed by atoms with Crippen LogP contribution in [0.2, 0.25) is 0 Å². The molecule has 0 fully saturated rings. The normalized spacial score (nSPS) is 12.0. The third-order valence-corrected chi connectivity index (χ3v) is 11.6. The second kappa shape index (κ2) is 10.6. The van der Waals surface area contributed by atoms with E-state index in [1.165, 1.54) is 96.6 Å². The van der Waals surface area contributed by atoms with Gasteiger partial charge in [0.1, 0.15) is 11.2 Å². The zero-order valence-corrected chi connectivity index (χ0v) is 27.8. The van der Waals surface area contributed by atoms with E-state index in [0.29, 0.717) is 0 Å². The molecule has 0 saturated heterocycles. The maximum Gasteiger partial charge on any atom is 0.143 e.